The summed E-state index contributed by atoms with van der Waals surface area (Å²) in [4.78, 5) is 2.70. The molecule has 1 heterocycles. The Kier molecular flexibility index (Phi) is 5.57. The number of nitrogens with zero attached hydrogens (tertiary/aromatic N) is 1. The van der Waals surface area contributed by atoms with Gasteiger partial charge < -0.3 is 4.90 Å². The molecule has 5 rings (SSSR count). The van der Waals surface area contributed by atoms with Gasteiger partial charge in [0, 0.05) is 15.4 Å². The van der Waals surface area contributed by atoms with Crippen molar-refractivity contribution < 1.29 is 11.3 Å². The minimum Gasteiger partial charge on any atom is -0.303 e. The highest BCUT2D eigenvalue weighted by atomic mass is 32.2. The predicted octanol–water partition coefficient (Wildman–Crippen LogP) is 4.89. The van der Waals surface area contributed by atoms with Crippen LogP contribution in [0.5, 0.6) is 0 Å². The molecule has 1 spiro atoms. The lowest BCUT2D eigenvalue weighted by molar-refractivity contribution is 0.129. The van der Waals surface area contributed by atoms with E-state index in [0.29, 0.717) is 0 Å². The number of hydrogen-bond acceptors (Lipinski definition) is 3. The van der Waals surface area contributed by atoms with Gasteiger partial charge in [0.2, 0.25) is 10.0 Å². The molecule has 1 aromatic rings. The Balaban J connectivity index is 0.00000144. The average Bonchev–Trinajstić information content (AvgIpc) is 2.92. The first kappa shape index (κ1) is 20.7. The fourth-order valence-corrected chi connectivity index (χ4v) is 7.65. The number of fused-ring (bicyclic) bond motifs is 4. The van der Waals surface area contributed by atoms with Crippen LogP contribution in [0.25, 0.3) is 0 Å². The Labute approximate surface area is 185 Å². The lowest BCUT2D eigenvalue weighted by atomic mass is 9.73. The second-order valence-electron chi connectivity index (χ2n) is 10.5. The quantitative estimate of drug-likeness (QED) is 0.689. The highest BCUT2D eigenvalue weighted by Crippen LogP contribution is 2.51. The van der Waals surface area contributed by atoms with Crippen LogP contribution in [0.1, 0.15) is 71.4 Å². The Morgan fingerprint density at radius 1 is 1.17 bits per heavy atom. The van der Waals surface area contributed by atoms with Gasteiger partial charge in [-0.15, -0.1) is 0 Å². The van der Waals surface area contributed by atoms with Gasteiger partial charge in [0.15, 0.2) is 0 Å². The fourth-order valence-electron chi connectivity index (χ4n) is 6.92. The molecular formula is C25H40N2O2S. The van der Waals surface area contributed by atoms with Crippen molar-refractivity contribution in [2.24, 2.45) is 17.8 Å². The van der Waals surface area contributed by atoms with Crippen molar-refractivity contribution in [2.45, 2.75) is 62.8 Å². The summed E-state index contributed by atoms with van der Waals surface area (Å²) in [6.45, 7) is 3.53. The van der Waals surface area contributed by atoms with Crippen LogP contribution in [-0.4, -0.2) is 39.2 Å². The summed E-state index contributed by atoms with van der Waals surface area (Å²) >= 11 is 0. The Morgan fingerprint density at radius 3 is 2.77 bits per heavy atom. The SMILES string of the molecule is CS(=O)(=O)N[C@H]1CC2(CCN(C[C@H]3CC[C@H]4CC=C[C@@H](C4)C3)CC2)c2ccccc21.[HH].[HH]. The maximum absolute atomic E-state index is 11.9. The summed E-state index contributed by atoms with van der Waals surface area (Å²) in [5.74, 6) is 2.59. The normalized spacial score (nSPS) is 33.4. The van der Waals surface area contributed by atoms with Crippen molar-refractivity contribution in [3.8, 4) is 0 Å². The Hall–Kier alpha value is -1.17. The van der Waals surface area contributed by atoms with Gasteiger partial charge in [0.1, 0.15) is 0 Å². The predicted molar refractivity (Wildman–Crippen MR) is 126 cm³/mol. The number of nitrogens with one attached hydrogen (secondary N) is 1. The van der Waals surface area contributed by atoms with Gasteiger partial charge in [-0.1, -0.05) is 36.4 Å². The van der Waals surface area contributed by atoms with Crippen LogP contribution in [0.3, 0.4) is 0 Å². The standard InChI is InChI=1S/C25H36N2O2S.2H2/c1-30(28,29)26-24-17-25(23-8-3-2-7-22(23)24)11-13-27(14-12-25)18-21-10-9-19-5-4-6-20(15-19)16-21;;/h2-4,6-8,19-21,24,26H,5,9-18H2,1H3;2*1H/t19-,20+,21+,24+;;/m1../s1. The van der Waals surface area contributed by atoms with Crippen molar-refractivity contribution in [1.82, 2.24) is 9.62 Å². The van der Waals surface area contributed by atoms with E-state index in [4.69, 9.17) is 0 Å². The molecule has 168 valence electrons. The summed E-state index contributed by atoms with van der Waals surface area (Å²) in [5.41, 5.74) is 2.72. The molecule has 4 atom stereocenters. The summed E-state index contributed by atoms with van der Waals surface area (Å²) < 4.78 is 26.8. The summed E-state index contributed by atoms with van der Waals surface area (Å²) in [6, 6.07) is 8.45. The minimum atomic E-state index is -3.21. The van der Waals surface area contributed by atoms with E-state index in [2.05, 4.69) is 40.0 Å². The lowest BCUT2D eigenvalue weighted by Crippen LogP contribution is -2.44. The molecule has 2 fully saturated rings. The topological polar surface area (TPSA) is 49.4 Å². The van der Waals surface area contributed by atoms with Gasteiger partial charge in [-0.25, -0.2) is 13.1 Å². The maximum atomic E-state index is 11.9. The molecule has 2 bridgehead atoms. The van der Waals surface area contributed by atoms with E-state index in [0.717, 1.165) is 50.1 Å². The number of piperidine rings is 1. The molecule has 0 amide bonds. The van der Waals surface area contributed by atoms with Gasteiger partial charge in [-0.3, -0.25) is 0 Å². The Bertz CT molecular complexity index is 912. The summed E-state index contributed by atoms with van der Waals surface area (Å²) in [6.07, 6.45) is 16.3. The van der Waals surface area contributed by atoms with E-state index in [9.17, 15) is 8.42 Å². The van der Waals surface area contributed by atoms with Gasteiger partial charge >= 0.3 is 0 Å². The third-order valence-electron chi connectivity index (χ3n) is 8.32. The fraction of sp³-hybridized carbons (Fsp3) is 0.680. The highest BCUT2D eigenvalue weighted by Gasteiger charge is 2.46. The molecule has 5 heteroatoms. The second-order valence-corrected chi connectivity index (χ2v) is 12.3. The minimum absolute atomic E-state index is 0. The first-order valence-corrected chi connectivity index (χ1v) is 13.8. The number of allylic oxidation sites excluding steroid dienone is 2. The van der Waals surface area contributed by atoms with Crippen LogP contribution in [-0.2, 0) is 15.4 Å². The first-order valence-electron chi connectivity index (χ1n) is 11.9. The zero-order valence-corrected chi connectivity index (χ0v) is 19.0. The number of sulfonamides is 1. The Morgan fingerprint density at radius 2 is 1.97 bits per heavy atom. The van der Waals surface area contributed by atoms with E-state index < -0.39 is 10.0 Å². The van der Waals surface area contributed by atoms with E-state index >= 15 is 0 Å². The molecule has 1 aliphatic heterocycles. The van der Waals surface area contributed by atoms with Crippen LogP contribution < -0.4 is 4.72 Å². The van der Waals surface area contributed by atoms with Crippen LogP contribution in [0.2, 0.25) is 0 Å². The van der Waals surface area contributed by atoms with E-state index in [1.54, 1.807) is 0 Å². The van der Waals surface area contributed by atoms with E-state index in [1.807, 2.05) is 6.07 Å². The van der Waals surface area contributed by atoms with E-state index in [1.165, 1.54) is 56.0 Å². The molecule has 4 aliphatic rings. The zero-order valence-electron chi connectivity index (χ0n) is 18.2. The molecule has 3 aliphatic carbocycles. The van der Waals surface area contributed by atoms with Crippen LogP contribution in [0.15, 0.2) is 36.4 Å². The van der Waals surface area contributed by atoms with Crippen LogP contribution in [0, 0.1) is 17.8 Å². The molecule has 0 aromatic heterocycles. The zero-order chi connectivity index (χ0) is 20.8. The van der Waals surface area contributed by atoms with Crippen molar-refractivity contribution in [3.63, 3.8) is 0 Å². The van der Waals surface area contributed by atoms with Crippen LogP contribution in [0.4, 0.5) is 0 Å². The molecule has 1 saturated carbocycles. The number of hydrogen-bond donors (Lipinski definition) is 1. The van der Waals surface area contributed by atoms with Crippen molar-refractivity contribution in [1.29, 1.82) is 0 Å². The molecular weight excluding hydrogens is 392 g/mol. The molecule has 1 N–H and O–H groups in total. The van der Waals surface area contributed by atoms with Crippen molar-refractivity contribution in [2.75, 3.05) is 25.9 Å². The molecule has 0 radical (unpaired) electrons. The first-order chi connectivity index (χ1) is 14.4. The van der Waals surface area contributed by atoms with Gasteiger partial charge in [-0.05, 0) is 98.8 Å². The molecule has 1 saturated heterocycles. The average molecular weight is 433 g/mol. The van der Waals surface area contributed by atoms with Crippen molar-refractivity contribution in [3.05, 3.63) is 47.5 Å². The van der Waals surface area contributed by atoms with Crippen LogP contribution >= 0.6 is 0 Å². The van der Waals surface area contributed by atoms with E-state index in [-0.39, 0.29) is 14.3 Å². The molecule has 0 unspecified atom stereocenters. The highest BCUT2D eigenvalue weighted by molar-refractivity contribution is 7.88. The molecule has 30 heavy (non-hydrogen) atoms. The van der Waals surface area contributed by atoms with Gasteiger partial charge in [-0.2, -0.15) is 0 Å². The number of rotatable bonds is 4. The molecule has 4 nitrogen and oxygen atoms in total. The third kappa shape index (κ3) is 4.26. The van der Waals surface area contributed by atoms with Gasteiger partial charge in [0.25, 0.3) is 0 Å². The lowest BCUT2D eigenvalue weighted by Gasteiger charge is -2.41. The number of likely N-dealkylation sites (tertiary alicyclic amines) is 1. The molecule has 1 aromatic carbocycles. The second kappa shape index (κ2) is 8.07. The number of benzene rings is 1. The summed E-state index contributed by atoms with van der Waals surface area (Å²) in [7, 11) is -3.21. The third-order valence-corrected chi connectivity index (χ3v) is 9.03. The van der Waals surface area contributed by atoms with Crippen molar-refractivity contribution >= 4 is 10.0 Å². The van der Waals surface area contributed by atoms with Gasteiger partial charge in [0.05, 0.1) is 6.26 Å². The largest absolute Gasteiger partial charge is 0.303 e. The summed E-state index contributed by atoms with van der Waals surface area (Å²) in [5, 5.41) is 0. The monoisotopic (exact) mass is 432 g/mol. The smallest absolute Gasteiger partial charge is 0.209 e. The maximum Gasteiger partial charge on any atom is 0.209 e.